The fourth-order valence-corrected chi connectivity index (χ4v) is 1.21. The monoisotopic (exact) mass is 210 g/mol. The van der Waals surface area contributed by atoms with Gasteiger partial charge in [-0.3, -0.25) is 0 Å². The van der Waals surface area contributed by atoms with Gasteiger partial charge in [-0.25, -0.2) is 0 Å². The number of halogens is 1. The van der Waals surface area contributed by atoms with Crippen LogP contribution in [0.3, 0.4) is 0 Å². The predicted octanol–water partition coefficient (Wildman–Crippen LogP) is 0.505. The number of hydrogen-bond donors (Lipinski definition) is 1. The van der Waals surface area contributed by atoms with E-state index in [1.54, 1.807) is 0 Å². The first-order valence-corrected chi connectivity index (χ1v) is 4.43. The van der Waals surface area contributed by atoms with E-state index in [0.29, 0.717) is 11.9 Å². The maximum absolute atomic E-state index is 8.71. The maximum Gasteiger partial charge on any atom is 0.167 e. The fraction of sp³-hybridized carbons (Fsp3) is 1.00. The quantitative estimate of drug-likeness (QED) is 0.676. The molecule has 2 unspecified atom stereocenters. The molecule has 10 heavy (non-hydrogen) atoms. The van der Waals surface area contributed by atoms with E-state index in [1.807, 2.05) is 0 Å². The predicted molar refractivity (Wildman–Crippen MR) is 40.1 cm³/mol. The molecule has 3 nitrogen and oxygen atoms in total. The van der Waals surface area contributed by atoms with Crippen molar-refractivity contribution in [1.82, 2.24) is 0 Å². The summed E-state index contributed by atoms with van der Waals surface area (Å²) in [4.78, 5) is 0. The van der Waals surface area contributed by atoms with Crippen LogP contribution in [0.5, 0.6) is 0 Å². The van der Waals surface area contributed by atoms with E-state index in [0.717, 1.165) is 6.42 Å². The van der Waals surface area contributed by atoms with Gasteiger partial charge in [0.25, 0.3) is 0 Å². The Labute approximate surface area is 68.4 Å². The minimum absolute atomic E-state index is 0.0312. The van der Waals surface area contributed by atoms with E-state index in [2.05, 4.69) is 15.9 Å². The van der Waals surface area contributed by atoms with Crippen molar-refractivity contribution in [3.05, 3.63) is 0 Å². The summed E-state index contributed by atoms with van der Waals surface area (Å²) in [6.45, 7) is 0.772. The van der Waals surface area contributed by atoms with Crippen LogP contribution in [0.15, 0.2) is 0 Å². The highest BCUT2D eigenvalue weighted by atomic mass is 79.9. The topological polar surface area (TPSA) is 38.7 Å². The van der Waals surface area contributed by atoms with Gasteiger partial charge < -0.3 is 14.6 Å². The first-order valence-electron chi connectivity index (χ1n) is 3.30. The van der Waals surface area contributed by atoms with Crippen LogP contribution in [0.1, 0.15) is 6.42 Å². The number of alkyl halides is 1. The van der Waals surface area contributed by atoms with Crippen LogP contribution in [0, 0.1) is 0 Å². The van der Waals surface area contributed by atoms with Gasteiger partial charge in [-0.1, -0.05) is 15.9 Å². The smallest absolute Gasteiger partial charge is 0.167 e. The van der Waals surface area contributed by atoms with Gasteiger partial charge in [-0.2, -0.15) is 0 Å². The zero-order valence-corrected chi connectivity index (χ0v) is 7.21. The van der Waals surface area contributed by atoms with Crippen molar-refractivity contribution >= 4 is 15.9 Å². The third-order valence-corrected chi connectivity index (χ3v) is 1.95. The van der Waals surface area contributed by atoms with Crippen LogP contribution in [0.2, 0.25) is 0 Å². The number of ether oxygens (including phenoxy) is 2. The van der Waals surface area contributed by atoms with Crippen molar-refractivity contribution in [2.45, 2.75) is 18.8 Å². The van der Waals surface area contributed by atoms with Gasteiger partial charge in [0, 0.05) is 0 Å². The van der Waals surface area contributed by atoms with Gasteiger partial charge in [0.1, 0.15) is 0 Å². The van der Waals surface area contributed by atoms with Crippen LogP contribution in [0.4, 0.5) is 0 Å². The number of hydrogen-bond acceptors (Lipinski definition) is 3. The second-order valence-corrected chi connectivity index (χ2v) is 2.83. The van der Waals surface area contributed by atoms with Gasteiger partial charge >= 0.3 is 0 Å². The largest absolute Gasteiger partial charge is 0.394 e. The van der Waals surface area contributed by atoms with Crippen LogP contribution in [-0.4, -0.2) is 36.0 Å². The summed E-state index contributed by atoms with van der Waals surface area (Å²) >= 11 is 3.24. The number of aliphatic hydroxyl groups is 1. The molecule has 0 aromatic carbocycles. The highest BCUT2D eigenvalue weighted by Crippen LogP contribution is 2.13. The summed E-state index contributed by atoms with van der Waals surface area (Å²) < 4.78 is 10.4. The van der Waals surface area contributed by atoms with Crippen molar-refractivity contribution in [2.24, 2.45) is 0 Å². The average Bonchev–Trinajstić information content (AvgIpc) is 2.05. The molecule has 0 spiro atoms. The minimum atomic E-state index is -0.175. The first-order chi connectivity index (χ1) is 4.86. The molecule has 1 rings (SSSR count). The van der Waals surface area contributed by atoms with Crippen molar-refractivity contribution < 1.29 is 14.6 Å². The molecule has 1 aliphatic heterocycles. The van der Waals surface area contributed by atoms with E-state index in [-0.39, 0.29) is 19.0 Å². The standard InChI is InChI=1S/C6H11BrO3/c7-3-6-9-2-1-5(4-8)10-6/h5-6,8H,1-4H2. The van der Waals surface area contributed by atoms with Crippen molar-refractivity contribution in [3.63, 3.8) is 0 Å². The molecule has 0 aliphatic carbocycles. The Morgan fingerprint density at radius 3 is 3.00 bits per heavy atom. The molecule has 0 radical (unpaired) electrons. The van der Waals surface area contributed by atoms with Crippen LogP contribution in [-0.2, 0) is 9.47 Å². The lowest BCUT2D eigenvalue weighted by atomic mass is 10.2. The van der Waals surface area contributed by atoms with E-state index in [9.17, 15) is 0 Å². The van der Waals surface area contributed by atoms with Gasteiger partial charge in [0.15, 0.2) is 6.29 Å². The van der Waals surface area contributed by atoms with E-state index in [4.69, 9.17) is 14.6 Å². The highest BCUT2D eigenvalue weighted by Gasteiger charge is 2.20. The molecule has 0 aromatic heterocycles. The minimum Gasteiger partial charge on any atom is -0.394 e. The van der Waals surface area contributed by atoms with Crippen molar-refractivity contribution in [2.75, 3.05) is 18.5 Å². The molecular weight excluding hydrogens is 200 g/mol. The average molecular weight is 211 g/mol. The summed E-state index contributed by atoms with van der Waals surface area (Å²) in [5, 5.41) is 9.38. The molecule has 2 atom stereocenters. The van der Waals surface area contributed by atoms with Crippen LogP contribution >= 0.6 is 15.9 Å². The molecule has 0 saturated carbocycles. The number of rotatable bonds is 2. The SMILES string of the molecule is OCC1CCOC(CBr)O1. The van der Waals surface area contributed by atoms with Gasteiger partial charge in [-0.15, -0.1) is 0 Å². The third-order valence-electron chi connectivity index (χ3n) is 1.42. The second-order valence-electron chi connectivity index (χ2n) is 2.18. The molecular formula is C6H11BrO3. The highest BCUT2D eigenvalue weighted by molar-refractivity contribution is 9.09. The molecule has 0 amide bonds. The molecule has 1 saturated heterocycles. The van der Waals surface area contributed by atoms with E-state index >= 15 is 0 Å². The lowest BCUT2D eigenvalue weighted by Crippen LogP contribution is -2.35. The normalized spacial score (nSPS) is 34.2. The fourth-order valence-electron chi connectivity index (χ4n) is 0.868. The molecule has 4 heteroatoms. The Bertz CT molecular complexity index is 89.0. The Kier molecular flexibility index (Phi) is 3.62. The Morgan fingerprint density at radius 2 is 2.40 bits per heavy atom. The molecule has 0 bridgehead atoms. The zero-order valence-electron chi connectivity index (χ0n) is 5.62. The third kappa shape index (κ3) is 2.20. The molecule has 0 aromatic rings. The first kappa shape index (κ1) is 8.46. The Balaban J connectivity index is 2.25. The molecule has 1 aliphatic rings. The lowest BCUT2D eigenvalue weighted by Gasteiger charge is -2.27. The van der Waals surface area contributed by atoms with Crippen LogP contribution < -0.4 is 0 Å². The van der Waals surface area contributed by atoms with Gasteiger partial charge in [0.2, 0.25) is 0 Å². The molecule has 1 fully saturated rings. The molecule has 1 N–H and O–H groups in total. The van der Waals surface area contributed by atoms with Crippen molar-refractivity contribution in [1.29, 1.82) is 0 Å². The summed E-state index contributed by atoms with van der Waals surface area (Å²) in [6.07, 6.45) is 0.585. The molecule has 60 valence electrons. The number of aliphatic hydroxyl groups excluding tert-OH is 1. The summed E-state index contributed by atoms with van der Waals surface area (Å²) in [7, 11) is 0. The van der Waals surface area contributed by atoms with Crippen LogP contribution in [0.25, 0.3) is 0 Å². The van der Waals surface area contributed by atoms with Crippen molar-refractivity contribution in [3.8, 4) is 0 Å². The van der Waals surface area contributed by atoms with E-state index in [1.165, 1.54) is 0 Å². The second kappa shape index (κ2) is 4.28. The van der Waals surface area contributed by atoms with Gasteiger partial charge in [0.05, 0.1) is 24.6 Å². The summed E-state index contributed by atoms with van der Waals surface area (Å²) in [5.41, 5.74) is 0. The zero-order chi connectivity index (χ0) is 7.40. The lowest BCUT2D eigenvalue weighted by molar-refractivity contribution is -0.206. The van der Waals surface area contributed by atoms with Gasteiger partial charge in [-0.05, 0) is 6.42 Å². The Hall–Kier alpha value is 0.360. The summed E-state index contributed by atoms with van der Waals surface area (Å²) in [6, 6.07) is 0. The Morgan fingerprint density at radius 1 is 1.60 bits per heavy atom. The maximum atomic E-state index is 8.71. The summed E-state index contributed by atoms with van der Waals surface area (Å²) in [5.74, 6) is 0. The molecule has 1 heterocycles. The van der Waals surface area contributed by atoms with E-state index < -0.39 is 0 Å².